The molecule has 0 radical (unpaired) electrons. The SMILES string of the molecule is CCOc1ccccc1CNC(=NC)NCC1CCN(S(=O)(=O)C(F)(F)F)CC1.I. The number of hydrogen-bond donors (Lipinski definition) is 2. The van der Waals surface area contributed by atoms with E-state index in [9.17, 15) is 21.6 Å². The summed E-state index contributed by atoms with van der Waals surface area (Å²) in [5, 5.41) is 6.33. The van der Waals surface area contributed by atoms with Crippen molar-refractivity contribution in [2.75, 3.05) is 33.3 Å². The van der Waals surface area contributed by atoms with Crippen LogP contribution in [0.4, 0.5) is 13.2 Å². The predicted octanol–water partition coefficient (Wildman–Crippen LogP) is 2.93. The Morgan fingerprint density at radius 1 is 1.23 bits per heavy atom. The number of aliphatic imine (C=N–C) groups is 1. The molecule has 1 saturated heterocycles. The van der Waals surface area contributed by atoms with Gasteiger partial charge in [-0.1, -0.05) is 18.2 Å². The zero-order chi connectivity index (χ0) is 21.5. The molecule has 0 unspecified atom stereocenters. The van der Waals surface area contributed by atoms with Crippen LogP contribution in [0, 0.1) is 5.92 Å². The molecule has 0 spiro atoms. The predicted molar refractivity (Wildman–Crippen MR) is 120 cm³/mol. The summed E-state index contributed by atoms with van der Waals surface area (Å²) in [7, 11) is -3.61. The Balaban J connectivity index is 0.00000450. The molecule has 2 rings (SSSR count). The number of nitrogens with zero attached hydrogens (tertiary/aromatic N) is 2. The maximum atomic E-state index is 12.6. The normalized spacial score (nSPS) is 16.6. The van der Waals surface area contributed by atoms with E-state index in [-0.39, 0.29) is 43.0 Å². The largest absolute Gasteiger partial charge is 0.511 e. The van der Waals surface area contributed by atoms with Crippen molar-refractivity contribution in [2.45, 2.75) is 31.8 Å². The van der Waals surface area contributed by atoms with Crippen LogP contribution in [-0.2, 0) is 16.6 Å². The minimum absolute atomic E-state index is 0. The van der Waals surface area contributed by atoms with Gasteiger partial charge < -0.3 is 15.4 Å². The van der Waals surface area contributed by atoms with E-state index in [0.717, 1.165) is 11.3 Å². The smallest absolute Gasteiger partial charge is 0.494 e. The summed E-state index contributed by atoms with van der Waals surface area (Å²) >= 11 is 0. The lowest BCUT2D eigenvalue weighted by atomic mass is 9.98. The highest BCUT2D eigenvalue weighted by molar-refractivity contribution is 14.0. The molecule has 12 heteroatoms. The van der Waals surface area contributed by atoms with Crippen LogP contribution in [0.25, 0.3) is 0 Å². The number of alkyl halides is 3. The molecular formula is C18H28F3IN4O3S. The van der Waals surface area contributed by atoms with E-state index in [0.29, 0.717) is 42.8 Å². The first kappa shape index (κ1) is 26.8. The molecule has 1 aromatic carbocycles. The third kappa shape index (κ3) is 7.15. The summed E-state index contributed by atoms with van der Waals surface area (Å²) in [5.74, 6) is 1.40. The van der Waals surface area contributed by atoms with Crippen molar-refractivity contribution in [1.82, 2.24) is 14.9 Å². The monoisotopic (exact) mass is 564 g/mol. The number of guanidine groups is 1. The van der Waals surface area contributed by atoms with Crippen LogP contribution >= 0.6 is 24.0 Å². The second-order valence-electron chi connectivity index (χ2n) is 6.64. The number of ether oxygens (including phenoxy) is 1. The number of para-hydroxylation sites is 1. The molecule has 0 aliphatic carbocycles. The number of nitrogens with one attached hydrogen (secondary N) is 2. The van der Waals surface area contributed by atoms with Gasteiger partial charge in [-0.05, 0) is 31.7 Å². The van der Waals surface area contributed by atoms with Crippen molar-refractivity contribution in [3.63, 3.8) is 0 Å². The zero-order valence-corrected chi connectivity index (χ0v) is 20.1. The summed E-state index contributed by atoms with van der Waals surface area (Å²) in [6.45, 7) is 3.19. The van der Waals surface area contributed by atoms with Crippen LogP contribution < -0.4 is 15.4 Å². The number of benzene rings is 1. The topological polar surface area (TPSA) is 83.0 Å². The van der Waals surface area contributed by atoms with Crippen LogP contribution in [0.1, 0.15) is 25.3 Å². The average molecular weight is 564 g/mol. The van der Waals surface area contributed by atoms with Gasteiger partial charge in [0.05, 0.1) is 6.61 Å². The third-order valence-electron chi connectivity index (χ3n) is 4.71. The highest BCUT2D eigenvalue weighted by Crippen LogP contribution is 2.30. The van der Waals surface area contributed by atoms with Gasteiger partial charge in [0.15, 0.2) is 5.96 Å². The first-order valence-corrected chi connectivity index (χ1v) is 10.8. The molecule has 7 nitrogen and oxygen atoms in total. The van der Waals surface area contributed by atoms with Crippen molar-refractivity contribution >= 4 is 40.0 Å². The lowest BCUT2D eigenvalue weighted by molar-refractivity contribution is -0.0496. The number of hydrogen-bond acceptors (Lipinski definition) is 4. The standard InChI is InChI=1S/C18H27F3N4O3S.HI/c1-3-28-16-7-5-4-6-15(16)13-24-17(22-2)23-12-14-8-10-25(11-9-14)29(26,27)18(19,20)21;/h4-7,14H,3,8-13H2,1-2H3,(H2,22,23,24);1H. The minimum Gasteiger partial charge on any atom is -0.494 e. The van der Waals surface area contributed by atoms with Crippen LogP contribution in [0.15, 0.2) is 29.3 Å². The Labute approximate surface area is 192 Å². The first-order valence-electron chi connectivity index (χ1n) is 9.40. The zero-order valence-electron chi connectivity index (χ0n) is 16.9. The van der Waals surface area contributed by atoms with E-state index in [1.165, 1.54) is 0 Å². The van der Waals surface area contributed by atoms with Crippen LogP contribution in [0.3, 0.4) is 0 Å². The molecule has 0 amide bonds. The Bertz CT molecular complexity index is 798. The summed E-state index contributed by atoms with van der Waals surface area (Å²) in [4.78, 5) is 4.15. The molecule has 2 N–H and O–H groups in total. The van der Waals surface area contributed by atoms with Crippen molar-refractivity contribution in [2.24, 2.45) is 10.9 Å². The Kier molecular flexibility index (Phi) is 10.6. The van der Waals surface area contributed by atoms with E-state index in [1.54, 1.807) is 7.05 Å². The van der Waals surface area contributed by atoms with Crippen LogP contribution in [0.2, 0.25) is 0 Å². The van der Waals surface area contributed by atoms with Crippen LogP contribution in [-0.4, -0.2) is 57.5 Å². The van der Waals surface area contributed by atoms with E-state index < -0.39 is 15.5 Å². The third-order valence-corrected chi connectivity index (χ3v) is 6.34. The molecule has 0 bridgehead atoms. The maximum Gasteiger partial charge on any atom is 0.511 e. The van der Waals surface area contributed by atoms with E-state index in [2.05, 4.69) is 15.6 Å². The van der Waals surface area contributed by atoms with Gasteiger partial charge >= 0.3 is 15.5 Å². The Hall–Kier alpha value is -1.28. The molecule has 0 saturated carbocycles. The van der Waals surface area contributed by atoms with Gasteiger partial charge in [0.1, 0.15) is 5.75 Å². The van der Waals surface area contributed by atoms with Gasteiger partial charge in [-0.2, -0.15) is 17.5 Å². The summed E-state index contributed by atoms with van der Waals surface area (Å²) < 4.78 is 67.0. The van der Waals surface area contributed by atoms with Crippen molar-refractivity contribution in [3.8, 4) is 5.75 Å². The summed E-state index contributed by atoms with van der Waals surface area (Å²) in [6, 6.07) is 7.65. The number of sulfonamides is 1. The fourth-order valence-corrected chi connectivity index (χ4v) is 4.07. The van der Waals surface area contributed by atoms with E-state index >= 15 is 0 Å². The molecular weight excluding hydrogens is 536 g/mol. The minimum atomic E-state index is -5.25. The second kappa shape index (κ2) is 11.9. The summed E-state index contributed by atoms with van der Waals surface area (Å²) in [5.41, 5.74) is -4.27. The molecule has 0 aromatic heterocycles. The first-order chi connectivity index (χ1) is 13.7. The van der Waals surface area contributed by atoms with Gasteiger partial charge in [0.25, 0.3) is 0 Å². The van der Waals surface area contributed by atoms with E-state index in [1.807, 2.05) is 31.2 Å². The van der Waals surface area contributed by atoms with Crippen molar-refractivity contribution in [1.29, 1.82) is 0 Å². The molecule has 1 heterocycles. The average Bonchev–Trinajstić information content (AvgIpc) is 2.69. The van der Waals surface area contributed by atoms with Gasteiger partial charge in [-0.3, -0.25) is 4.99 Å². The lowest BCUT2D eigenvalue weighted by Crippen LogP contribution is -2.47. The quantitative estimate of drug-likeness (QED) is 0.303. The number of piperidine rings is 1. The van der Waals surface area contributed by atoms with Gasteiger partial charge in [0.2, 0.25) is 0 Å². The van der Waals surface area contributed by atoms with Gasteiger partial charge in [-0.15, -0.1) is 24.0 Å². The number of halogens is 4. The number of rotatable bonds is 7. The molecule has 1 aliphatic rings. The lowest BCUT2D eigenvalue weighted by Gasteiger charge is -2.31. The second-order valence-corrected chi connectivity index (χ2v) is 8.57. The molecule has 1 aliphatic heterocycles. The molecule has 1 fully saturated rings. The van der Waals surface area contributed by atoms with Crippen molar-refractivity contribution in [3.05, 3.63) is 29.8 Å². The fraction of sp³-hybridized carbons (Fsp3) is 0.611. The Morgan fingerprint density at radius 3 is 2.43 bits per heavy atom. The molecule has 0 atom stereocenters. The maximum absolute atomic E-state index is 12.6. The van der Waals surface area contributed by atoms with Crippen molar-refractivity contribution < 1.29 is 26.3 Å². The highest BCUT2D eigenvalue weighted by Gasteiger charge is 2.50. The summed E-state index contributed by atoms with van der Waals surface area (Å²) in [6.07, 6.45) is 0.707. The Morgan fingerprint density at radius 2 is 1.87 bits per heavy atom. The van der Waals surface area contributed by atoms with E-state index in [4.69, 9.17) is 4.74 Å². The highest BCUT2D eigenvalue weighted by atomic mass is 127. The molecule has 30 heavy (non-hydrogen) atoms. The molecule has 1 aromatic rings. The van der Waals surface area contributed by atoms with Gasteiger partial charge in [0, 0.05) is 38.8 Å². The molecule has 172 valence electrons. The fourth-order valence-electron chi connectivity index (χ4n) is 3.09. The van der Waals surface area contributed by atoms with Gasteiger partial charge in [-0.25, -0.2) is 8.42 Å². The van der Waals surface area contributed by atoms with Crippen LogP contribution in [0.5, 0.6) is 5.75 Å².